The molecule has 0 aliphatic carbocycles. The summed E-state index contributed by atoms with van der Waals surface area (Å²) in [5.41, 5.74) is 1.87. The molecule has 33 heavy (non-hydrogen) atoms. The quantitative estimate of drug-likeness (QED) is 0.499. The number of nitriles is 1. The van der Waals surface area contributed by atoms with Gasteiger partial charge in [-0.05, 0) is 35.9 Å². The molecule has 4 aromatic rings. The standard InChI is InChI=1S/C24H15FN4O4/c25-18-7-15(3-4-22(18)30)29-11-17(24(32)33)23(31)16-6-14(9-26)20(8-21(16)29)28-10-13-2-1-5-27-19(13)12-28/h1-8,11,30H,10,12H2,(H,32,33). The highest BCUT2D eigenvalue weighted by atomic mass is 19.1. The maximum absolute atomic E-state index is 14.1. The Bertz CT molecular complexity index is 1550. The van der Waals surface area contributed by atoms with Crippen LogP contribution in [-0.4, -0.2) is 25.7 Å². The molecule has 0 saturated heterocycles. The van der Waals surface area contributed by atoms with Crippen molar-refractivity contribution in [2.24, 2.45) is 0 Å². The summed E-state index contributed by atoms with van der Waals surface area (Å²) in [6, 6.07) is 12.4. The largest absolute Gasteiger partial charge is 0.505 e. The number of aromatic carboxylic acids is 1. The maximum atomic E-state index is 14.1. The minimum atomic E-state index is -1.45. The molecule has 0 fully saturated rings. The molecule has 0 spiro atoms. The number of anilines is 1. The summed E-state index contributed by atoms with van der Waals surface area (Å²) in [6.07, 6.45) is 2.81. The summed E-state index contributed by atoms with van der Waals surface area (Å²) in [5.74, 6) is -2.90. The Hall–Kier alpha value is -4.71. The average molecular weight is 442 g/mol. The van der Waals surface area contributed by atoms with Gasteiger partial charge in [-0.2, -0.15) is 5.26 Å². The molecule has 0 bridgehead atoms. The van der Waals surface area contributed by atoms with Gasteiger partial charge in [-0.25, -0.2) is 9.18 Å². The van der Waals surface area contributed by atoms with Crippen molar-refractivity contribution >= 4 is 22.6 Å². The van der Waals surface area contributed by atoms with Gasteiger partial charge in [-0.15, -0.1) is 0 Å². The molecule has 1 aliphatic heterocycles. The van der Waals surface area contributed by atoms with Gasteiger partial charge in [0.15, 0.2) is 11.6 Å². The number of aromatic nitrogens is 2. The van der Waals surface area contributed by atoms with E-state index < -0.39 is 28.5 Å². The number of carbonyl (C=O) groups is 1. The number of phenolic OH excluding ortho intramolecular Hbond substituents is 1. The lowest BCUT2D eigenvalue weighted by molar-refractivity contribution is 0.0695. The van der Waals surface area contributed by atoms with E-state index in [1.807, 2.05) is 17.0 Å². The Morgan fingerprint density at radius 3 is 2.70 bits per heavy atom. The molecule has 9 heteroatoms. The fourth-order valence-electron chi connectivity index (χ4n) is 4.09. The number of hydrogen-bond donors (Lipinski definition) is 2. The third-order valence-electron chi connectivity index (χ3n) is 5.71. The number of fused-ring (bicyclic) bond motifs is 2. The molecule has 2 aromatic heterocycles. The van der Waals surface area contributed by atoms with Gasteiger partial charge in [-0.1, -0.05) is 6.07 Å². The molecular weight excluding hydrogens is 427 g/mol. The van der Waals surface area contributed by atoms with Crippen LogP contribution in [-0.2, 0) is 13.1 Å². The second kappa shape index (κ2) is 7.46. The zero-order valence-electron chi connectivity index (χ0n) is 17.0. The predicted molar refractivity (Wildman–Crippen MR) is 117 cm³/mol. The normalized spacial score (nSPS) is 12.5. The summed E-state index contributed by atoms with van der Waals surface area (Å²) in [5, 5.41) is 28.9. The Kier molecular flexibility index (Phi) is 4.57. The molecule has 8 nitrogen and oxygen atoms in total. The lowest BCUT2D eigenvalue weighted by atomic mass is 10.0. The average Bonchev–Trinajstić information content (AvgIpc) is 3.24. The van der Waals surface area contributed by atoms with Crippen LogP contribution in [0.4, 0.5) is 10.1 Å². The predicted octanol–water partition coefficient (Wildman–Crippen LogP) is 3.32. The van der Waals surface area contributed by atoms with E-state index in [9.17, 15) is 29.5 Å². The Morgan fingerprint density at radius 1 is 1.18 bits per heavy atom. The van der Waals surface area contributed by atoms with Crippen molar-refractivity contribution in [2.75, 3.05) is 4.90 Å². The van der Waals surface area contributed by atoms with Crippen molar-refractivity contribution in [1.82, 2.24) is 9.55 Å². The van der Waals surface area contributed by atoms with Gasteiger partial charge in [0.25, 0.3) is 0 Å². The highest BCUT2D eigenvalue weighted by Crippen LogP contribution is 2.33. The Balaban J connectivity index is 1.79. The van der Waals surface area contributed by atoms with E-state index in [2.05, 4.69) is 11.1 Å². The number of carboxylic acid groups (broad SMARTS) is 1. The number of pyridine rings is 2. The van der Waals surface area contributed by atoms with Crippen LogP contribution in [0.3, 0.4) is 0 Å². The van der Waals surface area contributed by atoms with Crippen LogP contribution in [0.2, 0.25) is 0 Å². The van der Waals surface area contributed by atoms with Crippen LogP contribution in [0.15, 0.2) is 59.7 Å². The second-order valence-corrected chi connectivity index (χ2v) is 7.65. The Labute approximate surface area is 186 Å². The smallest absolute Gasteiger partial charge is 0.341 e. The number of phenols is 1. The first-order valence-electron chi connectivity index (χ1n) is 9.91. The summed E-state index contributed by atoms with van der Waals surface area (Å²) in [7, 11) is 0. The van der Waals surface area contributed by atoms with Crippen molar-refractivity contribution in [1.29, 1.82) is 5.26 Å². The van der Waals surface area contributed by atoms with E-state index in [1.54, 1.807) is 12.3 Å². The highest BCUT2D eigenvalue weighted by molar-refractivity contribution is 5.95. The molecule has 3 heterocycles. The van der Waals surface area contributed by atoms with Gasteiger partial charge in [0, 0.05) is 36.1 Å². The maximum Gasteiger partial charge on any atom is 0.341 e. The van der Waals surface area contributed by atoms with Crippen LogP contribution >= 0.6 is 0 Å². The van der Waals surface area contributed by atoms with Gasteiger partial charge in [0.2, 0.25) is 5.43 Å². The third-order valence-corrected chi connectivity index (χ3v) is 5.71. The molecule has 162 valence electrons. The van der Waals surface area contributed by atoms with E-state index in [0.717, 1.165) is 29.6 Å². The molecule has 0 amide bonds. The minimum Gasteiger partial charge on any atom is -0.505 e. The van der Waals surface area contributed by atoms with Crippen molar-refractivity contribution in [3.8, 4) is 17.5 Å². The number of hydrogen-bond acceptors (Lipinski definition) is 6. The van der Waals surface area contributed by atoms with E-state index >= 15 is 0 Å². The Morgan fingerprint density at radius 2 is 2.00 bits per heavy atom. The monoisotopic (exact) mass is 442 g/mol. The molecule has 1 aliphatic rings. The molecule has 2 aromatic carbocycles. The molecule has 0 unspecified atom stereocenters. The van der Waals surface area contributed by atoms with Gasteiger partial charge >= 0.3 is 5.97 Å². The fraction of sp³-hybridized carbons (Fsp3) is 0.0833. The molecule has 0 saturated carbocycles. The number of nitrogens with zero attached hydrogens (tertiary/aromatic N) is 4. The SMILES string of the molecule is N#Cc1cc2c(=O)c(C(=O)O)cn(-c3ccc(O)c(F)c3)c2cc1N1Cc2cccnc2C1. The van der Waals surface area contributed by atoms with Crippen molar-refractivity contribution in [3.63, 3.8) is 0 Å². The van der Waals surface area contributed by atoms with Crippen molar-refractivity contribution in [3.05, 3.63) is 93.3 Å². The lowest BCUT2D eigenvalue weighted by Crippen LogP contribution is -2.20. The van der Waals surface area contributed by atoms with Gasteiger partial charge < -0.3 is 19.7 Å². The molecule has 0 radical (unpaired) electrons. The fourth-order valence-corrected chi connectivity index (χ4v) is 4.09. The van der Waals surface area contributed by atoms with Crippen LogP contribution in [0.1, 0.15) is 27.2 Å². The zero-order valence-corrected chi connectivity index (χ0v) is 17.0. The molecule has 5 rings (SSSR count). The molecule has 2 N–H and O–H groups in total. The number of carboxylic acids is 1. The third kappa shape index (κ3) is 3.25. The topological polar surface area (TPSA) is 119 Å². The first kappa shape index (κ1) is 20.2. The van der Waals surface area contributed by atoms with Gasteiger partial charge in [-0.3, -0.25) is 9.78 Å². The first-order valence-corrected chi connectivity index (χ1v) is 9.91. The zero-order chi connectivity index (χ0) is 23.3. The van der Waals surface area contributed by atoms with Crippen molar-refractivity contribution < 1.29 is 19.4 Å². The van der Waals surface area contributed by atoms with E-state index in [0.29, 0.717) is 24.3 Å². The summed E-state index contributed by atoms with van der Waals surface area (Å²) < 4.78 is 15.5. The lowest BCUT2D eigenvalue weighted by Gasteiger charge is -2.21. The van der Waals surface area contributed by atoms with Crippen molar-refractivity contribution in [2.45, 2.75) is 13.1 Å². The summed E-state index contributed by atoms with van der Waals surface area (Å²) in [4.78, 5) is 30.9. The van der Waals surface area contributed by atoms with Crippen LogP contribution in [0.5, 0.6) is 5.75 Å². The van der Waals surface area contributed by atoms with Gasteiger partial charge in [0.05, 0.1) is 29.0 Å². The molecule has 0 atom stereocenters. The van der Waals surface area contributed by atoms with Crippen LogP contribution < -0.4 is 10.3 Å². The van der Waals surface area contributed by atoms with Crippen LogP contribution in [0.25, 0.3) is 16.6 Å². The minimum absolute atomic E-state index is 0.0125. The van der Waals surface area contributed by atoms with E-state index in [1.165, 1.54) is 16.7 Å². The second-order valence-electron chi connectivity index (χ2n) is 7.65. The van der Waals surface area contributed by atoms with Crippen LogP contribution in [0, 0.1) is 17.1 Å². The number of benzene rings is 2. The molecular formula is C24H15FN4O4. The summed E-state index contributed by atoms with van der Waals surface area (Å²) in [6.45, 7) is 0.969. The summed E-state index contributed by atoms with van der Waals surface area (Å²) >= 11 is 0. The first-order chi connectivity index (χ1) is 15.9. The highest BCUT2D eigenvalue weighted by Gasteiger charge is 2.24. The number of rotatable bonds is 3. The number of halogens is 1. The van der Waals surface area contributed by atoms with E-state index in [-0.39, 0.29) is 16.6 Å². The number of aromatic hydroxyl groups is 1. The van der Waals surface area contributed by atoms with Gasteiger partial charge in [0.1, 0.15) is 11.6 Å². The van der Waals surface area contributed by atoms with E-state index in [4.69, 9.17) is 0 Å².